The monoisotopic (exact) mass is 340 g/mol. The standard InChI is InChI=1S/C6H8O6.H3O3P.H2O.Zn/c7-1-2(8)5-3(9)4(10)6(11)12-5;1-4(2)3;;/h2,5,7-10H,1H2;4H,(H2,1,2,3);1H2;/t2-,5+;;;/m0.../s1. The molecule has 0 radical (unpaired) electrons. The van der Waals surface area contributed by atoms with Gasteiger partial charge in [0.25, 0.3) is 0 Å². The van der Waals surface area contributed by atoms with Crippen LogP contribution in [0.1, 0.15) is 0 Å². The van der Waals surface area contributed by atoms with Crippen molar-refractivity contribution in [2.24, 2.45) is 0 Å². The van der Waals surface area contributed by atoms with Gasteiger partial charge in [-0.2, -0.15) is 0 Å². The molecule has 0 aromatic rings. The van der Waals surface area contributed by atoms with Crippen molar-refractivity contribution in [3.05, 3.63) is 11.5 Å². The van der Waals surface area contributed by atoms with E-state index in [0.717, 1.165) is 0 Å². The van der Waals surface area contributed by atoms with Crippen LogP contribution in [-0.4, -0.2) is 60.5 Å². The van der Waals surface area contributed by atoms with Gasteiger partial charge in [0, 0.05) is 19.5 Å². The van der Waals surface area contributed by atoms with E-state index in [4.69, 9.17) is 34.8 Å². The predicted molar refractivity (Wildman–Crippen MR) is 52.3 cm³/mol. The number of cyclic esters (lactones) is 1. The van der Waals surface area contributed by atoms with Crippen LogP contribution in [0.3, 0.4) is 0 Å². The van der Waals surface area contributed by atoms with Crippen LogP contribution in [0.4, 0.5) is 0 Å². The summed E-state index contributed by atoms with van der Waals surface area (Å²) in [4.78, 5) is 24.8. The second kappa shape index (κ2) is 10.4. The molecule has 0 aromatic heterocycles. The Morgan fingerprint density at radius 1 is 1.33 bits per heavy atom. The summed E-state index contributed by atoms with van der Waals surface area (Å²) in [5.41, 5.74) is 0. The molecular formula is C6H13O10PZn. The maximum absolute atomic E-state index is 10.5. The van der Waals surface area contributed by atoms with Gasteiger partial charge in [-0.25, -0.2) is 4.79 Å². The van der Waals surface area contributed by atoms with Crippen molar-refractivity contribution in [2.75, 3.05) is 6.61 Å². The first kappa shape index (κ1) is 22.6. The first-order valence-electron chi connectivity index (χ1n) is 3.85. The molecule has 10 nitrogen and oxygen atoms in total. The average Bonchev–Trinajstić information content (AvgIpc) is 2.44. The van der Waals surface area contributed by atoms with Gasteiger partial charge in [0.1, 0.15) is 6.10 Å². The second-order valence-corrected chi connectivity index (χ2v) is 3.16. The van der Waals surface area contributed by atoms with Crippen molar-refractivity contribution >= 4 is 14.2 Å². The van der Waals surface area contributed by atoms with Crippen LogP contribution < -0.4 is 0 Å². The van der Waals surface area contributed by atoms with E-state index in [9.17, 15) is 4.79 Å². The minimum absolute atomic E-state index is 0. The summed E-state index contributed by atoms with van der Waals surface area (Å²) in [7, 11) is -3.13. The number of ether oxygens (including phenoxy) is 1. The van der Waals surface area contributed by atoms with Crippen LogP contribution in [0, 0.1) is 0 Å². The Balaban J connectivity index is -0.000000332. The van der Waals surface area contributed by atoms with Crippen LogP contribution in [0.5, 0.6) is 0 Å². The van der Waals surface area contributed by atoms with Crippen LogP contribution >= 0.6 is 8.25 Å². The summed E-state index contributed by atoms with van der Waals surface area (Å²) in [6.07, 6.45) is -2.78. The Hall–Kier alpha value is -0.537. The van der Waals surface area contributed by atoms with Crippen molar-refractivity contribution in [1.82, 2.24) is 0 Å². The molecule has 1 aliphatic rings. The zero-order valence-corrected chi connectivity index (χ0v) is 12.9. The summed E-state index contributed by atoms with van der Waals surface area (Å²) in [5, 5.41) is 35.0. The SMILES string of the molecule is O.O=C1O[C@H]([C@@H](O)CO)C(O)=C1O.O=[PH](O)O.[Zn]. The summed E-state index contributed by atoms with van der Waals surface area (Å²) < 4.78 is 13.1. The fourth-order valence-corrected chi connectivity index (χ4v) is 0.823. The van der Waals surface area contributed by atoms with E-state index >= 15 is 0 Å². The molecule has 0 unspecified atom stereocenters. The van der Waals surface area contributed by atoms with E-state index in [1.807, 2.05) is 0 Å². The van der Waals surface area contributed by atoms with Crippen molar-refractivity contribution in [3.63, 3.8) is 0 Å². The first-order chi connectivity index (χ1) is 7.31. The Morgan fingerprint density at radius 3 is 1.94 bits per heavy atom. The third-order valence-electron chi connectivity index (χ3n) is 1.48. The largest absolute Gasteiger partial charge is 0.505 e. The molecule has 0 fully saturated rings. The van der Waals surface area contributed by atoms with E-state index in [2.05, 4.69) is 4.74 Å². The van der Waals surface area contributed by atoms with Gasteiger partial charge in [-0.15, -0.1) is 0 Å². The number of hydrogen-bond donors (Lipinski definition) is 6. The quantitative estimate of drug-likeness (QED) is 0.174. The maximum atomic E-state index is 10.5. The Kier molecular flexibility index (Phi) is 13.1. The van der Waals surface area contributed by atoms with Crippen LogP contribution in [0.15, 0.2) is 11.5 Å². The number of esters is 1. The summed E-state index contributed by atoms with van der Waals surface area (Å²) in [6, 6.07) is 0. The fraction of sp³-hybridized carbons (Fsp3) is 0.500. The number of aliphatic hydroxyl groups is 4. The minimum Gasteiger partial charge on any atom is -0.505 e. The summed E-state index contributed by atoms with van der Waals surface area (Å²) in [5.74, 6) is -2.78. The topological polar surface area (TPSA) is 196 Å². The molecule has 2 atom stereocenters. The molecule has 1 aliphatic heterocycles. The van der Waals surface area contributed by atoms with Crippen molar-refractivity contribution < 1.29 is 69.3 Å². The van der Waals surface area contributed by atoms with Gasteiger partial charge in [-0.1, -0.05) is 0 Å². The van der Waals surface area contributed by atoms with E-state index in [-0.39, 0.29) is 25.0 Å². The van der Waals surface area contributed by atoms with Crippen molar-refractivity contribution in [1.29, 1.82) is 0 Å². The van der Waals surface area contributed by atoms with Gasteiger partial charge in [0.05, 0.1) is 6.61 Å². The Morgan fingerprint density at radius 2 is 1.72 bits per heavy atom. The molecule has 0 saturated carbocycles. The summed E-state index contributed by atoms with van der Waals surface area (Å²) >= 11 is 0. The van der Waals surface area contributed by atoms with Crippen molar-refractivity contribution in [2.45, 2.75) is 12.2 Å². The van der Waals surface area contributed by atoms with Gasteiger partial charge in [0.2, 0.25) is 5.76 Å². The molecule has 0 spiro atoms. The Labute approximate surface area is 114 Å². The molecule has 0 saturated heterocycles. The van der Waals surface area contributed by atoms with Gasteiger partial charge in [-0.3, -0.25) is 4.57 Å². The average molecular weight is 342 g/mol. The third-order valence-corrected chi connectivity index (χ3v) is 1.48. The second-order valence-electron chi connectivity index (χ2n) is 2.59. The number of hydrogen-bond acceptors (Lipinski definition) is 7. The maximum Gasteiger partial charge on any atom is 0.377 e. The van der Waals surface area contributed by atoms with E-state index in [1.165, 1.54) is 0 Å². The van der Waals surface area contributed by atoms with Gasteiger partial charge in [-0.05, 0) is 0 Å². The Bertz CT molecular complexity index is 313. The van der Waals surface area contributed by atoms with Gasteiger partial charge >= 0.3 is 14.2 Å². The zero-order chi connectivity index (χ0) is 12.9. The molecule has 0 amide bonds. The van der Waals surface area contributed by atoms with E-state index in [0.29, 0.717) is 0 Å². The number of rotatable bonds is 2. The minimum atomic E-state index is -3.13. The first-order valence-corrected chi connectivity index (χ1v) is 5.15. The number of aliphatic hydroxyl groups excluding tert-OH is 4. The number of carbonyl (C=O) groups is 1. The fourth-order valence-electron chi connectivity index (χ4n) is 0.823. The molecule has 8 N–H and O–H groups in total. The zero-order valence-electron chi connectivity index (χ0n) is 8.98. The van der Waals surface area contributed by atoms with Gasteiger partial charge < -0.3 is 40.4 Å². The molecule has 0 aromatic carbocycles. The van der Waals surface area contributed by atoms with E-state index in [1.54, 1.807) is 0 Å². The third kappa shape index (κ3) is 7.02. The predicted octanol–water partition coefficient (Wildman–Crippen LogP) is -2.87. The molecular weight excluding hydrogens is 328 g/mol. The molecule has 12 heteroatoms. The normalized spacial score (nSPS) is 19.2. The molecule has 0 aliphatic carbocycles. The van der Waals surface area contributed by atoms with Gasteiger partial charge in [0.15, 0.2) is 11.9 Å². The molecule has 104 valence electrons. The smallest absolute Gasteiger partial charge is 0.377 e. The van der Waals surface area contributed by atoms with Crippen LogP contribution in [0.25, 0.3) is 0 Å². The molecule has 1 rings (SSSR count). The van der Waals surface area contributed by atoms with Crippen LogP contribution in [0.2, 0.25) is 0 Å². The van der Waals surface area contributed by atoms with Crippen molar-refractivity contribution in [3.8, 4) is 0 Å². The van der Waals surface area contributed by atoms with E-state index < -0.39 is 44.6 Å². The molecule has 18 heavy (non-hydrogen) atoms. The molecule has 1 heterocycles. The number of carbonyl (C=O) groups excluding carboxylic acids is 1. The molecule has 0 bridgehead atoms. The summed E-state index contributed by atoms with van der Waals surface area (Å²) in [6.45, 7) is -0.671. The van der Waals surface area contributed by atoms with Crippen LogP contribution in [-0.2, 0) is 33.6 Å².